The number of hydrogen-bond donors (Lipinski definition) is 0. The number of nitrogens with zero attached hydrogens (tertiary/aromatic N) is 1. The monoisotopic (exact) mass is 296 g/mol. The van der Waals surface area contributed by atoms with Crippen LogP contribution < -0.4 is 0 Å². The van der Waals surface area contributed by atoms with E-state index in [4.69, 9.17) is 9.47 Å². The lowest BCUT2D eigenvalue weighted by Gasteiger charge is -2.44. The van der Waals surface area contributed by atoms with Crippen molar-refractivity contribution >= 4 is 0 Å². The van der Waals surface area contributed by atoms with Gasteiger partial charge in [0.2, 0.25) is 6.23 Å². The van der Waals surface area contributed by atoms with Gasteiger partial charge in [-0.25, -0.2) is 0 Å². The molecule has 3 rings (SSSR count). The van der Waals surface area contributed by atoms with Gasteiger partial charge in [-0.05, 0) is 43.4 Å². The molecular formula is C18H34NO2+. The third kappa shape index (κ3) is 3.16. The second-order valence-electron chi connectivity index (χ2n) is 8.92. The van der Waals surface area contributed by atoms with Crippen molar-refractivity contribution in [2.24, 2.45) is 11.3 Å². The fourth-order valence-electron chi connectivity index (χ4n) is 4.55. The molecule has 0 bridgehead atoms. The van der Waals surface area contributed by atoms with Crippen molar-refractivity contribution in [2.75, 3.05) is 26.7 Å². The minimum Gasteiger partial charge on any atom is -0.341 e. The molecule has 3 aliphatic rings. The molecule has 2 saturated heterocycles. The Morgan fingerprint density at radius 1 is 1.00 bits per heavy atom. The third-order valence-corrected chi connectivity index (χ3v) is 6.35. The van der Waals surface area contributed by atoms with Crippen LogP contribution >= 0.6 is 0 Å². The van der Waals surface area contributed by atoms with Crippen molar-refractivity contribution in [1.82, 2.24) is 0 Å². The number of rotatable bonds is 1. The van der Waals surface area contributed by atoms with Gasteiger partial charge in [0.1, 0.15) is 6.61 Å². The maximum Gasteiger partial charge on any atom is 0.219 e. The molecule has 0 amide bonds. The minimum atomic E-state index is -0.245. The van der Waals surface area contributed by atoms with E-state index < -0.39 is 0 Å². The molecule has 0 aromatic heterocycles. The summed E-state index contributed by atoms with van der Waals surface area (Å²) in [6.45, 7) is 10.4. The third-order valence-electron chi connectivity index (χ3n) is 6.35. The molecule has 122 valence electrons. The molecule has 0 aromatic rings. The number of ether oxygens (including phenoxy) is 2. The topological polar surface area (TPSA) is 18.5 Å². The van der Waals surface area contributed by atoms with E-state index in [0.717, 1.165) is 29.8 Å². The second-order valence-corrected chi connectivity index (χ2v) is 8.92. The highest BCUT2D eigenvalue weighted by Crippen LogP contribution is 2.46. The molecule has 0 N–H and O–H groups in total. The van der Waals surface area contributed by atoms with Crippen LogP contribution in [0.5, 0.6) is 0 Å². The van der Waals surface area contributed by atoms with Crippen LogP contribution in [0.4, 0.5) is 0 Å². The zero-order valence-electron chi connectivity index (χ0n) is 14.5. The quantitative estimate of drug-likeness (QED) is 0.683. The van der Waals surface area contributed by atoms with Crippen LogP contribution in [0, 0.1) is 11.3 Å². The van der Waals surface area contributed by atoms with Crippen LogP contribution in [0.25, 0.3) is 0 Å². The molecule has 1 atom stereocenters. The Kier molecular flexibility index (Phi) is 4.13. The average Bonchev–Trinajstić information content (AvgIpc) is 2.84. The summed E-state index contributed by atoms with van der Waals surface area (Å²) in [5.74, 6) is 0.569. The van der Waals surface area contributed by atoms with Crippen molar-refractivity contribution in [3.63, 3.8) is 0 Å². The molecule has 1 unspecified atom stereocenters. The van der Waals surface area contributed by atoms with E-state index >= 15 is 0 Å². The van der Waals surface area contributed by atoms with Crippen molar-refractivity contribution < 1.29 is 14.0 Å². The molecule has 21 heavy (non-hydrogen) atoms. The Morgan fingerprint density at radius 2 is 1.62 bits per heavy atom. The summed E-state index contributed by atoms with van der Waals surface area (Å²) < 4.78 is 13.9. The molecule has 2 aliphatic heterocycles. The highest BCUT2D eigenvalue weighted by Gasteiger charge is 2.51. The number of quaternary nitrogens is 1. The summed E-state index contributed by atoms with van der Waals surface area (Å²) in [7, 11) is 2.37. The Balaban J connectivity index is 1.60. The Bertz CT molecular complexity index is 360. The van der Waals surface area contributed by atoms with Gasteiger partial charge in [0.05, 0.1) is 20.1 Å². The average molecular weight is 296 g/mol. The van der Waals surface area contributed by atoms with E-state index in [-0.39, 0.29) is 12.0 Å². The molecular weight excluding hydrogens is 262 g/mol. The highest BCUT2D eigenvalue weighted by molar-refractivity contribution is 4.87. The molecule has 1 saturated carbocycles. The zero-order chi connectivity index (χ0) is 15.1. The van der Waals surface area contributed by atoms with Crippen LogP contribution in [0.3, 0.4) is 0 Å². The first kappa shape index (κ1) is 15.8. The summed E-state index contributed by atoms with van der Waals surface area (Å²) in [4.78, 5) is 0. The first-order valence-electron chi connectivity index (χ1n) is 8.99. The van der Waals surface area contributed by atoms with E-state index in [1.54, 1.807) is 0 Å². The van der Waals surface area contributed by atoms with Crippen LogP contribution in [0.2, 0.25) is 0 Å². The van der Waals surface area contributed by atoms with E-state index in [1.807, 2.05) is 0 Å². The van der Waals surface area contributed by atoms with Crippen LogP contribution in [-0.2, 0) is 9.47 Å². The summed E-state index contributed by atoms with van der Waals surface area (Å²) in [5, 5.41) is 0. The molecule has 1 spiro atoms. The largest absolute Gasteiger partial charge is 0.341 e. The van der Waals surface area contributed by atoms with Gasteiger partial charge >= 0.3 is 0 Å². The van der Waals surface area contributed by atoms with Crippen LogP contribution in [0.15, 0.2) is 0 Å². The summed E-state index contributed by atoms with van der Waals surface area (Å²) in [6.07, 6.45) is 9.03. The second kappa shape index (κ2) is 5.50. The van der Waals surface area contributed by atoms with Crippen molar-refractivity contribution in [3.8, 4) is 0 Å². The first-order chi connectivity index (χ1) is 9.83. The van der Waals surface area contributed by atoms with E-state index in [9.17, 15) is 0 Å². The lowest BCUT2D eigenvalue weighted by atomic mass is 9.71. The summed E-state index contributed by atoms with van der Waals surface area (Å²) in [5.41, 5.74) is 0.422. The maximum absolute atomic E-state index is 6.54. The van der Waals surface area contributed by atoms with Gasteiger partial charge in [0.15, 0.2) is 5.79 Å². The van der Waals surface area contributed by atoms with Crippen molar-refractivity contribution in [2.45, 2.75) is 77.7 Å². The number of piperidine rings is 1. The normalized spacial score (nSPS) is 40.6. The molecule has 0 radical (unpaired) electrons. The van der Waals surface area contributed by atoms with Gasteiger partial charge < -0.3 is 4.74 Å². The van der Waals surface area contributed by atoms with Crippen molar-refractivity contribution in [3.05, 3.63) is 0 Å². The van der Waals surface area contributed by atoms with Gasteiger partial charge in [0.25, 0.3) is 0 Å². The predicted octanol–water partition coefficient (Wildman–Crippen LogP) is 3.92. The van der Waals surface area contributed by atoms with Gasteiger partial charge in [-0.3, -0.25) is 9.22 Å². The molecule has 3 heteroatoms. The smallest absolute Gasteiger partial charge is 0.219 e. The maximum atomic E-state index is 6.54. The number of likely N-dealkylation sites (N-methyl/N-ethyl adjacent to an activating group) is 1. The van der Waals surface area contributed by atoms with Gasteiger partial charge in [0, 0.05) is 12.8 Å². The standard InChI is InChI=1S/C18H34NO2/c1-17(2,3)15-8-10-18(11-9-15)20-14-16(21-18)19(4)12-6-5-7-13-19/h15-16H,5-14H2,1-4H3/q+1. The fraction of sp³-hybridized carbons (Fsp3) is 1.00. The minimum absolute atomic E-state index is 0.245. The fourth-order valence-corrected chi connectivity index (χ4v) is 4.55. The lowest BCUT2D eigenvalue weighted by molar-refractivity contribution is -0.956. The zero-order valence-corrected chi connectivity index (χ0v) is 14.5. The molecule has 3 nitrogen and oxygen atoms in total. The molecule has 2 heterocycles. The van der Waals surface area contributed by atoms with Crippen molar-refractivity contribution in [1.29, 1.82) is 0 Å². The molecule has 1 aliphatic carbocycles. The molecule has 3 fully saturated rings. The van der Waals surface area contributed by atoms with E-state index in [2.05, 4.69) is 27.8 Å². The van der Waals surface area contributed by atoms with Gasteiger partial charge in [-0.1, -0.05) is 20.8 Å². The van der Waals surface area contributed by atoms with E-state index in [1.165, 1.54) is 45.2 Å². The Morgan fingerprint density at radius 3 is 2.19 bits per heavy atom. The predicted molar refractivity (Wildman–Crippen MR) is 84.7 cm³/mol. The van der Waals surface area contributed by atoms with Crippen LogP contribution in [-0.4, -0.2) is 43.2 Å². The summed E-state index contributed by atoms with van der Waals surface area (Å²) >= 11 is 0. The van der Waals surface area contributed by atoms with E-state index in [0.29, 0.717) is 5.41 Å². The van der Waals surface area contributed by atoms with Crippen LogP contribution in [0.1, 0.15) is 65.7 Å². The number of hydrogen-bond acceptors (Lipinski definition) is 2. The highest BCUT2D eigenvalue weighted by atomic mass is 16.8. The Labute approximate surface area is 130 Å². The Hall–Kier alpha value is -0.120. The summed E-state index contributed by atoms with van der Waals surface area (Å²) in [6, 6.07) is 0. The van der Waals surface area contributed by atoms with Gasteiger partial charge in [-0.15, -0.1) is 0 Å². The first-order valence-corrected chi connectivity index (χ1v) is 8.99. The number of likely N-dealkylation sites (tertiary alicyclic amines) is 1. The van der Waals surface area contributed by atoms with Gasteiger partial charge in [-0.2, -0.15) is 0 Å². The molecule has 0 aromatic carbocycles. The lowest BCUT2D eigenvalue weighted by Crippen LogP contribution is -2.56. The SMILES string of the molecule is CC(C)(C)C1CCC2(CC1)OCC([N+]1(C)CCCCC1)O2.